The molecule has 1 heterocycles. The predicted octanol–water partition coefficient (Wildman–Crippen LogP) is 1.35. The molecule has 0 bridgehead atoms. The van der Waals surface area contributed by atoms with Gasteiger partial charge in [-0.25, -0.2) is 4.39 Å². The highest BCUT2D eigenvalue weighted by Crippen LogP contribution is 2.26. The number of benzene rings is 1. The molecule has 1 unspecified atom stereocenters. The van der Waals surface area contributed by atoms with Crippen LogP contribution < -0.4 is 4.31 Å². The second-order valence-electron chi connectivity index (χ2n) is 4.87. The Hall–Kier alpha value is -1.18. The molecule has 1 aliphatic rings. The number of aliphatic hydroxyl groups excluding tert-OH is 1. The van der Waals surface area contributed by atoms with E-state index in [1.54, 1.807) is 6.07 Å². The first-order valence-electron chi connectivity index (χ1n) is 6.59. The van der Waals surface area contributed by atoms with E-state index in [1.165, 1.54) is 29.6 Å². The minimum Gasteiger partial charge on any atom is -0.395 e. The van der Waals surface area contributed by atoms with Crippen LogP contribution in [0.4, 0.5) is 10.1 Å². The molecule has 1 saturated heterocycles. The fourth-order valence-electron chi connectivity index (χ4n) is 2.45. The van der Waals surface area contributed by atoms with Crippen LogP contribution in [0.25, 0.3) is 0 Å². The second kappa shape index (κ2) is 6.07. The Morgan fingerprint density at radius 2 is 2.10 bits per heavy atom. The fraction of sp³-hybridized carbons (Fsp3) is 0.538. The number of anilines is 1. The lowest BCUT2D eigenvalue weighted by molar-refractivity contribution is 0.155. The molecule has 20 heavy (non-hydrogen) atoms. The van der Waals surface area contributed by atoms with E-state index in [1.807, 2.05) is 0 Å². The van der Waals surface area contributed by atoms with Gasteiger partial charge in [-0.1, -0.05) is 18.6 Å². The summed E-state index contributed by atoms with van der Waals surface area (Å²) in [5, 5.41) is 9.33. The van der Waals surface area contributed by atoms with Crippen LogP contribution in [0.2, 0.25) is 0 Å². The van der Waals surface area contributed by atoms with Gasteiger partial charge in [0.2, 0.25) is 0 Å². The van der Waals surface area contributed by atoms with E-state index in [9.17, 15) is 17.9 Å². The third-order valence-electron chi connectivity index (χ3n) is 3.62. The number of halogens is 1. The summed E-state index contributed by atoms with van der Waals surface area (Å²) < 4.78 is 41.1. The molecule has 1 aromatic rings. The van der Waals surface area contributed by atoms with Crippen LogP contribution in [0.5, 0.6) is 0 Å². The van der Waals surface area contributed by atoms with E-state index >= 15 is 0 Å². The Morgan fingerprint density at radius 3 is 2.75 bits per heavy atom. The highest BCUT2D eigenvalue weighted by molar-refractivity contribution is 7.90. The topological polar surface area (TPSA) is 60.9 Å². The van der Waals surface area contributed by atoms with Gasteiger partial charge in [0.25, 0.3) is 0 Å². The standard InChI is InChI=1S/C13H19FN2O3S/c1-15(13-8-3-2-7-12(13)14)20(18,19)16-9-5-4-6-11(16)10-17/h2-3,7-8,11,17H,4-6,9-10H2,1H3. The molecule has 0 spiro atoms. The molecular weight excluding hydrogens is 283 g/mol. The first-order valence-corrected chi connectivity index (χ1v) is 7.99. The van der Waals surface area contributed by atoms with Crippen molar-refractivity contribution in [2.45, 2.75) is 25.3 Å². The summed E-state index contributed by atoms with van der Waals surface area (Å²) >= 11 is 0. The fourth-order valence-corrected chi connectivity index (χ4v) is 4.07. The summed E-state index contributed by atoms with van der Waals surface area (Å²) in [7, 11) is -2.50. The number of para-hydroxylation sites is 1. The van der Waals surface area contributed by atoms with Crippen molar-refractivity contribution >= 4 is 15.9 Å². The number of aliphatic hydroxyl groups is 1. The van der Waals surface area contributed by atoms with Crippen LogP contribution in [-0.2, 0) is 10.2 Å². The summed E-state index contributed by atoms with van der Waals surface area (Å²) in [6.07, 6.45) is 2.27. The van der Waals surface area contributed by atoms with Crippen molar-refractivity contribution in [3.05, 3.63) is 30.1 Å². The molecule has 1 N–H and O–H groups in total. The lowest BCUT2D eigenvalue weighted by atomic mass is 10.1. The maximum absolute atomic E-state index is 13.7. The highest BCUT2D eigenvalue weighted by atomic mass is 32.2. The number of nitrogens with zero attached hydrogens (tertiary/aromatic N) is 2. The molecule has 5 nitrogen and oxygen atoms in total. The zero-order valence-corrected chi connectivity index (χ0v) is 12.2. The molecule has 7 heteroatoms. The van der Waals surface area contributed by atoms with Crippen LogP contribution in [0.15, 0.2) is 24.3 Å². The third-order valence-corrected chi connectivity index (χ3v) is 5.58. The Kier molecular flexibility index (Phi) is 4.62. The molecule has 1 aliphatic heterocycles. The van der Waals surface area contributed by atoms with Gasteiger partial charge in [0.15, 0.2) is 0 Å². The zero-order valence-electron chi connectivity index (χ0n) is 11.4. The number of hydrogen-bond donors (Lipinski definition) is 1. The van der Waals surface area contributed by atoms with Crippen molar-refractivity contribution < 1.29 is 17.9 Å². The Balaban J connectivity index is 2.32. The maximum Gasteiger partial charge on any atom is 0.304 e. The van der Waals surface area contributed by atoms with E-state index in [-0.39, 0.29) is 12.3 Å². The zero-order chi connectivity index (χ0) is 14.8. The lowest BCUT2D eigenvalue weighted by Gasteiger charge is -2.36. The summed E-state index contributed by atoms with van der Waals surface area (Å²) in [4.78, 5) is 0. The SMILES string of the molecule is CN(c1ccccc1F)S(=O)(=O)N1CCCCC1CO. The van der Waals surface area contributed by atoms with Crippen LogP contribution in [0.3, 0.4) is 0 Å². The quantitative estimate of drug-likeness (QED) is 0.913. The molecular formula is C13H19FN2O3S. The lowest BCUT2D eigenvalue weighted by Crippen LogP contribution is -2.51. The smallest absolute Gasteiger partial charge is 0.304 e. The second-order valence-corrected chi connectivity index (χ2v) is 6.78. The first kappa shape index (κ1) is 15.2. The molecule has 112 valence electrons. The first-order chi connectivity index (χ1) is 9.48. The van der Waals surface area contributed by atoms with E-state index in [0.717, 1.165) is 17.1 Å². The average Bonchev–Trinajstić information content (AvgIpc) is 2.47. The molecule has 1 fully saturated rings. The van der Waals surface area contributed by atoms with Gasteiger partial charge in [-0.2, -0.15) is 12.7 Å². The van der Waals surface area contributed by atoms with E-state index < -0.39 is 22.1 Å². The van der Waals surface area contributed by atoms with Crippen molar-refractivity contribution in [2.75, 3.05) is 24.5 Å². The molecule has 0 aliphatic carbocycles. The average molecular weight is 302 g/mol. The molecule has 2 rings (SSSR count). The Bertz CT molecular complexity index is 564. The predicted molar refractivity (Wildman–Crippen MR) is 75.2 cm³/mol. The minimum atomic E-state index is -3.83. The van der Waals surface area contributed by atoms with E-state index in [4.69, 9.17) is 0 Å². The van der Waals surface area contributed by atoms with Crippen molar-refractivity contribution in [1.82, 2.24) is 4.31 Å². The van der Waals surface area contributed by atoms with Gasteiger partial charge in [0, 0.05) is 19.6 Å². The molecule has 0 aromatic heterocycles. The highest BCUT2D eigenvalue weighted by Gasteiger charge is 2.35. The summed E-state index contributed by atoms with van der Waals surface area (Å²) in [5.41, 5.74) is 0.00904. The third kappa shape index (κ3) is 2.79. The van der Waals surface area contributed by atoms with Gasteiger partial charge < -0.3 is 5.11 Å². The van der Waals surface area contributed by atoms with Crippen molar-refractivity contribution in [3.8, 4) is 0 Å². The Labute approximate surface area is 118 Å². The largest absolute Gasteiger partial charge is 0.395 e. The molecule has 1 aromatic carbocycles. The number of rotatable bonds is 4. The molecule has 0 amide bonds. The molecule has 0 radical (unpaired) electrons. The van der Waals surface area contributed by atoms with Crippen LogP contribution in [-0.4, -0.2) is 44.1 Å². The number of piperidine rings is 1. The summed E-state index contributed by atoms with van der Waals surface area (Å²) in [6, 6.07) is 5.31. The molecule has 0 saturated carbocycles. The van der Waals surface area contributed by atoms with Gasteiger partial charge in [-0.15, -0.1) is 0 Å². The van der Waals surface area contributed by atoms with E-state index in [2.05, 4.69) is 0 Å². The van der Waals surface area contributed by atoms with Gasteiger partial charge >= 0.3 is 10.2 Å². The Morgan fingerprint density at radius 1 is 1.40 bits per heavy atom. The van der Waals surface area contributed by atoms with Gasteiger partial charge in [-0.05, 0) is 25.0 Å². The van der Waals surface area contributed by atoms with Crippen molar-refractivity contribution in [2.24, 2.45) is 0 Å². The monoisotopic (exact) mass is 302 g/mol. The minimum absolute atomic E-state index is 0.00904. The normalized spacial score (nSPS) is 20.9. The molecule has 1 atom stereocenters. The van der Waals surface area contributed by atoms with Gasteiger partial charge in [-0.3, -0.25) is 4.31 Å². The van der Waals surface area contributed by atoms with Crippen LogP contribution in [0, 0.1) is 5.82 Å². The summed E-state index contributed by atoms with van der Waals surface area (Å²) in [6.45, 7) is 0.136. The van der Waals surface area contributed by atoms with Gasteiger partial charge in [0.05, 0.1) is 12.3 Å². The van der Waals surface area contributed by atoms with Crippen LogP contribution in [0.1, 0.15) is 19.3 Å². The van der Waals surface area contributed by atoms with E-state index in [0.29, 0.717) is 13.0 Å². The summed E-state index contributed by atoms with van der Waals surface area (Å²) in [5.74, 6) is -0.587. The van der Waals surface area contributed by atoms with Crippen LogP contribution >= 0.6 is 0 Å². The number of hydrogen-bond acceptors (Lipinski definition) is 3. The van der Waals surface area contributed by atoms with Crippen molar-refractivity contribution in [3.63, 3.8) is 0 Å². The maximum atomic E-state index is 13.7. The van der Waals surface area contributed by atoms with Gasteiger partial charge in [0.1, 0.15) is 5.82 Å². The van der Waals surface area contributed by atoms with Crippen molar-refractivity contribution in [1.29, 1.82) is 0 Å².